The first kappa shape index (κ1) is 32.6. The summed E-state index contributed by atoms with van der Waals surface area (Å²) in [6.07, 6.45) is 12.5. The zero-order valence-corrected chi connectivity index (χ0v) is 28.7. The van der Waals surface area contributed by atoms with Crippen LogP contribution in [0.4, 0.5) is 10.2 Å². The van der Waals surface area contributed by atoms with Crippen molar-refractivity contribution in [1.82, 2.24) is 30.0 Å². The third kappa shape index (κ3) is 5.65. The standard InChI is InChI=1S/C38H48FN7O2/c1-6-29(26(2)35(47)43(3)4)33-24-45(18-11-17-40-33)34-30-23-44(5)38(16-9-13-27-12-7-8-14-31(27)38)21-32(30)41-36(42-34)48-25-37-15-10-19-46(37)22-28(39)20-37/h1,7-8,12,14,28,40H,2,9-11,13,15-25H2,3-5H3/b33-29-/t28-,37+,38+/m1/s1. The SMILES string of the molecule is C#C/C(C(=C)C(=O)N(C)C)=C1\CN(c2nc(OC[C@@]34CCCN3C[C@H](F)C4)nc3c2CN(C)[C@@]2(CCCc4ccccc42)C3)CCCN1. The number of likely N-dealkylation sites (N-methyl/N-ethyl adjacent to an activating group) is 2. The Morgan fingerprint density at radius 2 is 2.02 bits per heavy atom. The van der Waals surface area contributed by atoms with Crippen LogP contribution >= 0.6 is 0 Å². The van der Waals surface area contributed by atoms with E-state index in [4.69, 9.17) is 21.1 Å². The number of hydrogen-bond acceptors (Lipinski definition) is 8. The fraction of sp³-hybridized carbons (Fsp3) is 0.553. The largest absolute Gasteiger partial charge is 0.461 e. The predicted octanol–water partition coefficient (Wildman–Crippen LogP) is 3.98. The van der Waals surface area contributed by atoms with Crippen molar-refractivity contribution in [2.24, 2.45) is 0 Å². The molecule has 10 heteroatoms. The van der Waals surface area contributed by atoms with Gasteiger partial charge in [-0.3, -0.25) is 14.6 Å². The van der Waals surface area contributed by atoms with Gasteiger partial charge in [0.15, 0.2) is 0 Å². The Morgan fingerprint density at radius 1 is 1.19 bits per heavy atom. The Morgan fingerprint density at radius 3 is 2.83 bits per heavy atom. The summed E-state index contributed by atoms with van der Waals surface area (Å²) >= 11 is 0. The molecule has 2 aromatic rings. The summed E-state index contributed by atoms with van der Waals surface area (Å²) in [5, 5.41) is 3.50. The van der Waals surface area contributed by atoms with Crippen molar-refractivity contribution in [3.8, 4) is 18.4 Å². The Hall–Kier alpha value is -3.94. The number of terminal acetylenes is 1. The first-order valence-electron chi connectivity index (χ1n) is 17.4. The first-order chi connectivity index (χ1) is 23.1. The molecular weight excluding hydrogens is 605 g/mol. The summed E-state index contributed by atoms with van der Waals surface area (Å²) in [4.78, 5) is 31.7. The van der Waals surface area contributed by atoms with Gasteiger partial charge in [-0.05, 0) is 63.2 Å². The van der Waals surface area contributed by atoms with E-state index < -0.39 is 6.17 Å². The molecule has 3 fully saturated rings. The van der Waals surface area contributed by atoms with E-state index in [2.05, 4.69) is 63.8 Å². The summed E-state index contributed by atoms with van der Waals surface area (Å²) in [5.74, 6) is 3.37. The minimum atomic E-state index is -0.829. The molecule has 0 radical (unpaired) electrons. The molecule has 5 aliphatic rings. The second-order valence-corrected chi connectivity index (χ2v) is 14.6. The number of amides is 1. The normalized spacial score (nSPS) is 28.1. The molecule has 0 unspecified atom stereocenters. The highest BCUT2D eigenvalue weighted by Gasteiger charge is 2.50. The number of fused-ring (bicyclic) bond motifs is 4. The maximum atomic E-state index is 14.6. The van der Waals surface area contributed by atoms with Crippen molar-refractivity contribution in [2.45, 2.75) is 75.2 Å². The van der Waals surface area contributed by atoms with Crippen molar-refractivity contribution in [3.05, 3.63) is 70.1 Å². The lowest BCUT2D eigenvalue weighted by Gasteiger charge is -2.49. The van der Waals surface area contributed by atoms with Crippen molar-refractivity contribution in [3.63, 3.8) is 0 Å². The van der Waals surface area contributed by atoms with E-state index in [1.54, 1.807) is 14.1 Å². The van der Waals surface area contributed by atoms with Crippen molar-refractivity contribution in [2.75, 3.05) is 65.4 Å². The molecule has 0 saturated carbocycles. The maximum absolute atomic E-state index is 14.6. The predicted molar refractivity (Wildman–Crippen MR) is 185 cm³/mol. The van der Waals surface area contributed by atoms with E-state index in [0.29, 0.717) is 56.4 Å². The number of nitrogens with one attached hydrogen (secondary N) is 1. The third-order valence-corrected chi connectivity index (χ3v) is 11.4. The average Bonchev–Trinajstić information content (AvgIpc) is 3.49. The molecule has 254 valence electrons. The van der Waals surface area contributed by atoms with Gasteiger partial charge in [-0.2, -0.15) is 9.97 Å². The smallest absolute Gasteiger partial charge is 0.318 e. The van der Waals surface area contributed by atoms with Crippen LogP contribution in [-0.4, -0.2) is 103 Å². The summed E-state index contributed by atoms with van der Waals surface area (Å²) in [6.45, 7) is 8.41. The average molecular weight is 654 g/mol. The molecule has 9 nitrogen and oxygen atoms in total. The topological polar surface area (TPSA) is 77.1 Å². The molecule has 48 heavy (non-hydrogen) atoms. The molecule has 1 spiro atoms. The quantitative estimate of drug-likeness (QED) is 0.371. The van der Waals surface area contributed by atoms with Gasteiger partial charge in [0.2, 0.25) is 0 Å². The fourth-order valence-electron chi connectivity index (χ4n) is 8.97. The van der Waals surface area contributed by atoms with Crippen LogP contribution in [0.2, 0.25) is 0 Å². The Kier molecular flexibility index (Phi) is 8.71. The number of carbonyl (C=O) groups is 1. The molecule has 1 aromatic heterocycles. The van der Waals surface area contributed by atoms with E-state index in [-0.39, 0.29) is 17.0 Å². The van der Waals surface area contributed by atoms with Crippen LogP contribution in [0.25, 0.3) is 0 Å². The Balaban J connectivity index is 1.29. The number of hydrogen-bond donors (Lipinski definition) is 1. The zero-order chi connectivity index (χ0) is 33.6. The molecule has 1 amide bonds. The van der Waals surface area contributed by atoms with E-state index in [9.17, 15) is 9.18 Å². The van der Waals surface area contributed by atoms with Crippen LogP contribution in [0.5, 0.6) is 6.01 Å². The summed E-state index contributed by atoms with van der Waals surface area (Å²) in [7, 11) is 5.63. The highest BCUT2D eigenvalue weighted by molar-refractivity contribution is 5.98. The van der Waals surface area contributed by atoms with Gasteiger partial charge >= 0.3 is 6.01 Å². The third-order valence-electron chi connectivity index (χ3n) is 11.4. The molecule has 0 bridgehead atoms. The second kappa shape index (κ2) is 12.8. The van der Waals surface area contributed by atoms with E-state index in [0.717, 1.165) is 80.8 Å². The van der Waals surface area contributed by atoms with Gasteiger partial charge in [0.25, 0.3) is 5.91 Å². The minimum absolute atomic E-state index is 0.162. The zero-order valence-electron chi connectivity index (χ0n) is 28.7. The molecular formula is C38H48FN7O2. The summed E-state index contributed by atoms with van der Waals surface area (Å²) < 4.78 is 21.2. The van der Waals surface area contributed by atoms with Gasteiger partial charge < -0.3 is 19.9 Å². The lowest BCUT2D eigenvalue weighted by molar-refractivity contribution is -0.124. The van der Waals surface area contributed by atoms with Crippen LogP contribution in [0.3, 0.4) is 0 Å². The van der Waals surface area contributed by atoms with Gasteiger partial charge in [0.1, 0.15) is 18.6 Å². The molecule has 1 aromatic carbocycles. The van der Waals surface area contributed by atoms with Crippen LogP contribution in [0.15, 0.2) is 47.7 Å². The monoisotopic (exact) mass is 653 g/mol. The lowest BCUT2D eigenvalue weighted by Crippen LogP contribution is -2.51. The number of aryl methyl sites for hydroxylation is 1. The van der Waals surface area contributed by atoms with Gasteiger partial charge in [0.05, 0.1) is 28.9 Å². The molecule has 4 aliphatic heterocycles. The second-order valence-electron chi connectivity index (χ2n) is 14.6. The number of nitrogens with zero attached hydrogens (tertiary/aromatic N) is 6. The number of anilines is 1. The molecule has 5 heterocycles. The number of carbonyl (C=O) groups excluding carboxylic acids is 1. The number of aromatic nitrogens is 2. The van der Waals surface area contributed by atoms with Crippen LogP contribution in [0.1, 0.15) is 60.9 Å². The van der Waals surface area contributed by atoms with Crippen LogP contribution in [-0.2, 0) is 29.7 Å². The van der Waals surface area contributed by atoms with Crippen LogP contribution < -0.4 is 15.0 Å². The lowest BCUT2D eigenvalue weighted by atomic mass is 9.71. The summed E-state index contributed by atoms with van der Waals surface area (Å²) in [6, 6.07) is 9.20. The van der Waals surface area contributed by atoms with Gasteiger partial charge in [-0.1, -0.05) is 36.8 Å². The van der Waals surface area contributed by atoms with E-state index >= 15 is 0 Å². The Bertz CT molecular complexity index is 1680. The highest BCUT2D eigenvalue weighted by Crippen LogP contribution is 2.47. The van der Waals surface area contributed by atoms with Crippen LogP contribution in [0, 0.1) is 12.3 Å². The van der Waals surface area contributed by atoms with Crippen molar-refractivity contribution >= 4 is 11.7 Å². The summed E-state index contributed by atoms with van der Waals surface area (Å²) in [5.41, 5.74) is 6.00. The fourth-order valence-corrected chi connectivity index (χ4v) is 8.97. The number of halogens is 1. The van der Waals surface area contributed by atoms with Crippen molar-refractivity contribution < 1.29 is 13.9 Å². The van der Waals surface area contributed by atoms with Gasteiger partial charge in [-0.25, -0.2) is 4.39 Å². The van der Waals surface area contributed by atoms with Gasteiger partial charge in [-0.15, -0.1) is 6.42 Å². The molecule has 1 N–H and O–H groups in total. The maximum Gasteiger partial charge on any atom is 0.318 e. The number of benzene rings is 1. The number of ether oxygens (including phenoxy) is 1. The molecule has 1 aliphatic carbocycles. The van der Waals surface area contributed by atoms with E-state index in [1.807, 2.05) is 0 Å². The Labute approximate surface area is 284 Å². The molecule has 3 atom stereocenters. The van der Waals surface area contributed by atoms with E-state index in [1.165, 1.54) is 16.0 Å². The minimum Gasteiger partial charge on any atom is -0.461 e. The van der Waals surface area contributed by atoms with Gasteiger partial charge in [0, 0.05) is 69.9 Å². The molecule has 3 saturated heterocycles. The molecule has 7 rings (SSSR count). The first-order valence-corrected chi connectivity index (χ1v) is 17.4. The highest BCUT2D eigenvalue weighted by atomic mass is 19.1. The number of rotatable bonds is 6. The van der Waals surface area contributed by atoms with Crippen molar-refractivity contribution in [1.29, 1.82) is 0 Å². The number of alkyl halides is 1.